The van der Waals surface area contributed by atoms with Crippen molar-refractivity contribution in [2.75, 3.05) is 24.7 Å². The molecule has 0 unspecified atom stereocenters. The molecule has 3 aromatic rings. The zero-order valence-corrected chi connectivity index (χ0v) is 20.6. The van der Waals surface area contributed by atoms with Crippen LogP contribution in [-0.4, -0.2) is 46.0 Å². The fourth-order valence-electron chi connectivity index (χ4n) is 2.77. The van der Waals surface area contributed by atoms with Crippen LogP contribution in [0.2, 0.25) is 5.02 Å². The minimum absolute atomic E-state index is 0.141. The number of thioether (sulfide) groups is 1. The van der Waals surface area contributed by atoms with Crippen molar-refractivity contribution in [3.05, 3.63) is 63.3 Å². The highest BCUT2D eigenvalue weighted by molar-refractivity contribution is 9.10. The van der Waals surface area contributed by atoms with Crippen molar-refractivity contribution in [3.8, 4) is 5.75 Å². The molecule has 11 heteroatoms. The first-order valence-electron chi connectivity index (χ1n) is 9.55. The molecule has 2 aromatic carbocycles. The molecule has 0 aliphatic rings. The predicted octanol–water partition coefficient (Wildman–Crippen LogP) is 3.94. The van der Waals surface area contributed by atoms with Crippen LogP contribution in [0.5, 0.6) is 5.75 Å². The number of carbonyl (C=O) groups excluding carboxylic acids is 2. The Morgan fingerprint density at radius 2 is 1.94 bits per heavy atom. The summed E-state index contributed by atoms with van der Waals surface area (Å²) < 4.78 is 7.96. The van der Waals surface area contributed by atoms with Gasteiger partial charge in [-0.2, -0.15) is 0 Å². The molecule has 0 saturated carbocycles. The van der Waals surface area contributed by atoms with Gasteiger partial charge in [-0.1, -0.05) is 39.3 Å². The summed E-state index contributed by atoms with van der Waals surface area (Å²) in [4.78, 5) is 24.5. The number of hydrogen-bond donors (Lipinski definition) is 2. The average Bonchev–Trinajstić information content (AvgIpc) is 3.12. The average molecular weight is 539 g/mol. The van der Waals surface area contributed by atoms with Crippen LogP contribution in [-0.2, 0) is 18.3 Å². The molecule has 3 rings (SSSR count). The molecule has 0 bridgehead atoms. The Morgan fingerprint density at radius 3 is 2.66 bits per heavy atom. The van der Waals surface area contributed by atoms with Gasteiger partial charge in [0, 0.05) is 35.1 Å². The van der Waals surface area contributed by atoms with E-state index < -0.39 is 0 Å². The monoisotopic (exact) mass is 537 g/mol. The Morgan fingerprint density at radius 1 is 1.19 bits per heavy atom. The quantitative estimate of drug-likeness (QED) is 0.401. The minimum Gasteiger partial charge on any atom is -0.495 e. The Hall–Kier alpha value is -2.56. The molecule has 168 valence electrons. The number of nitrogens with zero attached hydrogens (tertiary/aromatic N) is 3. The van der Waals surface area contributed by atoms with Gasteiger partial charge >= 0.3 is 0 Å². The summed E-state index contributed by atoms with van der Waals surface area (Å²) in [6, 6.07) is 12.1. The smallest absolute Gasteiger partial charge is 0.251 e. The molecule has 0 fully saturated rings. The molecule has 2 amide bonds. The molecule has 0 saturated heterocycles. The molecule has 0 aliphatic heterocycles. The van der Waals surface area contributed by atoms with E-state index >= 15 is 0 Å². The number of nitrogens with one attached hydrogen (secondary N) is 2. The molecule has 0 spiro atoms. The van der Waals surface area contributed by atoms with Crippen LogP contribution in [0.15, 0.2) is 52.1 Å². The molecular formula is C21H21BrClN5O3S. The van der Waals surface area contributed by atoms with Crippen LogP contribution in [0.25, 0.3) is 0 Å². The number of carbonyl (C=O) groups is 2. The summed E-state index contributed by atoms with van der Waals surface area (Å²) >= 11 is 10.6. The third-order valence-corrected chi connectivity index (χ3v) is 6.22. The lowest BCUT2D eigenvalue weighted by atomic mass is 10.2. The first kappa shape index (κ1) is 24.1. The van der Waals surface area contributed by atoms with Gasteiger partial charge in [0.25, 0.3) is 5.91 Å². The molecule has 0 atom stereocenters. The van der Waals surface area contributed by atoms with Crippen molar-refractivity contribution in [3.63, 3.8) is 0 Å². The summed E-state index contributed by atoms with van der Waals surface area (Å²) in [5, 5.41) is 15.1. The third-order valence-electron chi connectivity index (χ3n) is 4.43. The lowest BCUT2D eigenvalue weighted by Gasteiger charge is -2.10. The standard InChI is InChI=1S/C21H21BrClN5O3S/c1-28-18(9-10-24-20(30)13-3-5-14(22)6-4-13)26-27-21(28)32-12-19(29)25-16-11-15(23)7-8-17(16)31-2/h3-8,11H,9-10,12H2,1-2H3,(H,24,30)(H,25,29). The van der Waals surface area contributed by atoms with E-state index in [1.165, 1.54) is 18.9 Å². The SMILES string of the molecule is COc1ccc(Cl)cc1NC(=O)CSc1nnc(CCNC(=O)c2ccc(Br)cc2)n1C. The molecule has 8 nitrogen and oxygen atoms in total. The molecule has 1 heterocycles. The van der Waals surface area contributed by atoms with Gasteiger partial charge in [-0.05, 0) is 42.5 Å². The summed E-state index contributed by atoms with van der Waals surface area (Å²) in [6.45, 7) is 0.417. The van der Waals surface area contributed by atoms with Crippen molar-refractivity contribution in [1.29, 1.82) is 0 Å². The fraction of sp³-hybridized carbons (Fsp3) is 0.238. The number of hydrogen-bond acceptors (Lipinski definition) is 6. The highest BCUT2D eigenvalue weighted by atomic mass is 79.9. The zero-order chi connectivity index (χ0) is 23.1. The highest BCUT2D eigenvalue weighted by Crippen LogP contribution is 2.28. The molecular weight excluding hydrogens is 518 g/mol. The summed E-state index contributed by atoms with van der Waals surface area (Å²) in [5.74, 6) is 1.01. The van der Waals surface area contributed by atoms with Gasteiger partial charge < -0.3 is 19.9 Å². The van der Waals surface area contributed by atoms with Gasteiger partial charge in [-0.3, -0.25) is 9.59 Å². The zero-order valence-electron chi connectivity index (χ0n) is 17.4. The second kappa shape index (κ2) is 11.3. The van der Waals surface area contributed by atoms with Crippen molar-refractivity contribution in [2.45, 2.75) is 11.6 Å². The minimum atomic E-state index is -0.220. The Balaban J connectivity index is 1.49. The van der Waals surface area contributed by atoms with Crippen molar-refractivity contribution >= 4 is 56.8 Å². The summed E-state index contributed by atoms with van der Waals surface area (Å²) in [6.07, 6.45) is 0.512. The van der Waals surface area contributed by atoms with Crippen LogP contribution in [0.3, 0.4) is 0 Å². The number of benzene rings is 2. The van der Waals surface area contributed by atoms with Gasteiger partial charge in [0.15, 0.2) is 5.16 Å². The third kappa shape index (κ3) is 6.47. The molecule has 32 heavy (non-hydrogen) atoms. The molecule has 2 N–H and O–H groups in total. The van der Waals surface area contributed by atoms with Gasteiger partial charge in [0.05, 0.1) is 18.6 Å². The predicted molar refractivity (Wildman–Crippen MR) is 129 cm³/mol. The number of aromatic nitrogens is 3. The first-order valence-corrected chi connectivity index (χ1v) is 11.7. The number of anilines is 1. The lowest BCUT2D eigenvalue weighted by molar-refractivity contribution is -0.113. The van der Waals surface area contributed by atoms with E-state index in [4.69, 9.17) is 16.3 Å². The number of ether oxygens (including phenoxy) is 1. The topological polar surface area (TPSA) is 98.1 Å². The highest BCUT2D eigenvalue weighted by Gasteiger charge is 2.14. The van der Waals surface area contributed by atoms with Crippen molar-refractivity contribution in [2.24, 2.45) is 7.05 Å². The van der Waals surface area contributed by atoms with E-state index in [-0.39, 0.29) is 17.6 Å². The maximum Gasteiger partial charge on any atom is 0.251 e. The summed E-state index contributed by atoms with van der Waals surface area (Å²) in [5.41, 5.74) is 1.09. The van der Waals surface area contributed by atoms with Crippen molar-refractivity contribution in [1.82, 2.24) is 20.1 Å². The number of methoxy groups -OCH3 is 1. The van der Waals surface area contributed by atoms with E-state index in [9.17, 15) is 9.59 Å². The van der Waals surface area contributed by atoms with Crippen LogP contribution >= 0.6 is 39.3 Å². The van der Waals surface area contributed by atoms with Crippen LogP contribution in [0.4, 0.5) is 5.69 Å². The van der Waals surface area contributed by atoms with Crippen LogP contribution < -0.4 is 15.4 Å². The second-order valence-corrected chi connectivity index (χ2v) is 8.95. The van der Waals surface area contributed by atoms with E-state index in [1.807, 2.05) is 23.7 Å². The van der Waals surface area contributed by atoms with Gasteiger partial charge in [0.1, 0.15) is 11.6 Å². The number of halogens is 2. The summed E-state index contributed by atoms with van der Waals surface area (Å²) in [7, 11) is 3.35. The largest absolute Gasteiger partial charge is 0.495 e. The van der Waals surface area contributed by atoms with Crippen LogP contribution in [0.1, 0.15) is 16.2 Å². The van der Waals surface area contributed by atoms with Gasteiger partial charge in [-0.15, -0.1) is 10.2 Å². The van der Waals surface area contributed by atoms with Gasteiger partial charge in [-0.25, -0.2) is 0 Å². The second-order valence-electron chi connectivity index (χ2n) is 6.65. The molecule has 0 radical (unpaired) electrons. The molecule has 0 aliphatic carbocycles. The maximum absolute atomic E-state index is 12.3. The number of rotatable bonds is 9. The van der Waals surface area contributed by atoms with Gasteiger partial charge in [0.2, 0.25) is 5.91 Å². The van der Waals surface area contributed by atoms with Crippen LogP contribution in [0, 0.1) is 0 Å². The first-order chi connectivity index (χ1) is 15.4. The fourth-order valence-corrected chi connectivity index (χ4v) is 3.94. The van der Waals surface area contributed by atoms with E-state index in [0.29, 0.717) is 46.0 Å². The Kier molecular flexibility index (Phi) is 8.54. The maximum atomic E-state index is 12.3. The van der Waals surface area contributed by atoms with E-state index in [0.717, 1.165) is 4.47 Å². The van der Waals surface area contributed by atoms with E-state index in [1.54, 1.807) is 30.3 Å². The van der Waals surface area contributed by atoms with Crippen molar-refractivity contribution < 1.29 is 14.3 Å². The lowest BCUT2D eigenvalue weighted by Crippen LogP contribution is -2.26. The molecule has 1 aromatic heterocycles. The Bertz CT molecular complexity index is 1110. The Labute approximate surface area is 203 Å². The van der Waals surface area contributed by atoms with E-state index in [2.05, 4.69) is 36.8 Å². The normalized spacial score (nSPS) is 10.6. The number of amides is 2.